The Kier molecular flexibility index (Phi) is 7.73. The molecule has 0 aliphatic carbocycles. The lowest BCUT2D eigenvalue weighted by molar-refractivity contribution is -0.150. The van der Waals surface area contributed by atoms with Gasteiger partial charge in [-0.25, -0.2) is 0 Å². The minimum Gasteiger partial charge on any atom is -0.494 e. The second-order valence-corrected chi connectivity index (χ2v) is 7.18. The zero-order valence-corrected chi connectivity index (χ0v) is 16.9. The van der Waals surface area contributed by atoms with Crippen LogP contribution in [0.4, 0.5) is 5.69 Å². The number of aryl methyl sites for hydroxylation is 2. The molecule has 0 aliphatic rings. The van der Waals surface area contributed by atoms with E-state index in [9.17, 15) is 9.59 Å². The van der Waals surface area contributed by atoms with Crippen LogP contribution in [0.2, 0.25) is 0 Å². The van der Waals surface area contributed by atoms with E-state index in [1.807, 2.05) is 63.2 Å². The molecule has 1 N–H and O–H groups in total. The Bertz CT molecular complexity index is 789. The highest BCUT2D eigenvalue weighted by Crippen LogP contribution is 2.22. The third-order valence-electron chi connectivity index (χ3n) is 3.81. The molecule has 0 fully saturated rings. The molecule has 1 atom stereocenters. The minimum atomic E-state index is -0.862. The Morgan fingerprint density at radius 2 is 1.81 bits per heavy atom. The number of thioether (sulfide) groups is 1. The van der Waals surface area contributed by atoms with Gasteiger partial charge in [-0.05, 0) is 63.6 Å². The number of benzene rings is 2. The fourth-order valence-electron chi connectivity index (χ4n) is 2.41. The number of hydrogen-bond donors (Lipinski definition) is 1. The highest BCUT2D eigenvalue weighted by atomic mass is 32.2. The van der Waals surface area contributed by atoms with E-state index in [2.05, 4.69) is 5.32 Å². The monoisotopic (exact) mass is 387 g/mol. The van der Waals surface area contributed by atoms with Gasteiger partial charge in [-0.2, -0.15) is 0 Å². The molecule has 0 heterocycles. The molecule has 0 saturated carbocycles. The smallest absolute Gasteiger partial charge is 0.317 e. The number of anilines is 1. The topological polar surface area (TPSA) is 64.6 Å². The number of ether oxygens (including phenoxy) is 2. The summed E-state index contributed by atoms with van der Waals surface area (Å²) < 4.78 is 10.6. The van der Waals surface area contributed by atoms with Gasteiger partial charge in [0.15, 0.2) is 6.10 Å². The fourth-order valence-corrected chi connectivity index (χ4v) is 3.10. The number of rotatable bonds is 8. The first-order valence-corrected chi connectivity index (χ1v) is 9.81. The molecule has 0 unspecified atom stereocenters. The summed E-state index contributed by atoms with van der Waals surface area (Å²) in [6.07, 6.45) is -0.862. The lowest BCUT2D eigenvalue weighted by Crippen LogP contribution is -2.30. The first-order chi connectivity index (χ1) is 12.9. The average molecular weight is 388 g/mol. The Hall–Kier alpha value is -2.47. The van der Waals surface area contributed by atoms with E-state index in [1.165, 1.54) is 11.8 Å². The molecule has 0 saturated heterocycles. The summed E-state index contributed by atoms with van der Waals surface area (Å²) >= 11 is 1.36. The lowest BCUT2D eigenvalue weighted by Gasteiger charge is -2.15. The van der Waals surface area contributed by atoms with E-state index in [1.54, 1.807) is 6.92 Å². The summed E-state index contributed by atoms with van der Waals surface area (Å²) in [4.78, 5) is 25.2. The van der Waals surface area contributed by atoms with Gasteiger partial charge in [-0.15, -0.1) is 11.8 Å². The van der Waals surface area contributed by atoms with Crippen molar-refractivity contribution in [2.75, 3.05) is 17.7 Å². The van der Waals surface area contributed by atoms with Crippen LogP contribution in [0, 0.1) is 13.8 Å². The lowest BCUT2D eigenvalue weighted by atomic mass is 10.1. The summed E-state index contributed by atoms with van der Waals surface area (Å²) in [5.74, 6) is 0.148. The molecular formula is C21H25NO4S. The van der Waals surface area contributed by atoms with Crippen LogP contribution in [0.25, 0.3) is 0 Å². The minimum absolute atomic E-state index is 0.134. The summed E-state index contributed by atoms with van der Waals surface area (Å²) in [5.41, 5.74) is 2.81. The molecule has 2 rings (SSSR count). The molecular weight excluding hydrogens is 362 g/mol. The van der Waals surface area contributed by atoms with Crippen molar-refractivity contribution in [1.82, 2.24) is 0 Å². The molecule has 0 aromatic heterocycles. The van der Waals surface area contributed by atoms with Crippen LogP contribution in [-0.4, -0.2) is 30.3 Å². The highest BCUT2D eigenvalue weighted by Gasteiger charge is 2.18. The second kappa shape index (κ2) is 10.0. The van der Waals surface area contributed by atoms with Gasteiger partial charge in [0.05, 0.1) is 12.4 Å². The average Bonchev–Trinajstić information content (AvgIpc) is 2.63. The second-order valence-electron chi connectivity index (χ2n) is 6.13. The largest absolute Gasteiger partial charge is 0.494 e. The first-order valence-electron chi connectivity index (χ1n) is 8.82. The molecule has 0 bridgehead atoms. The molecule has 0 spiro atoms. The third-order valence-corrected chi connectivity index (χ3v) is 4.79. The van der Waals surface area contributed by atoms with Crippen molar-refractivity contribution in [3.05, 3.63) is 53.6 Å². The van der Waals surface area contributed by atoms with Crippen LogP contribution >= 0.6 is 11.8 Å². The zero-order chi connectivity index (χ0) is 19.8. The van der Waals surface area contributed by atoms with E-state index in [-0.39, 0.29) is 11.7 Å². The van der Waals surface area contributed by atoms with Gasteiger partial charge in [0, 0.05) is 10.6 Å². The van der Waals surface area contributed by atoms with Crippen molar-refractivity contribution >= 4 is 29.3 Å². The normalized spacial score (nSPS) is 11.6. The zero-order valence-electron chi connectivity index (χ0n) is 16.1. The van der Waals surface area contributed by atoms with Gasteiger partial charge >= 0.3 is 5.97 Å². The van der Waals surface area contributed by atoms with Crippen molar-refractivity contribution < 1.29 is 19.1 Å². The molecule has 144 valence electrons. The van der Waals surface area contributed by atoms with Crippen molar-refractivity contribution in [3.8, 4) is 5.75 Å². The van der Waals surface area contributed by atoms with Gasteiger partial charge in [-0.3, -0.25) is 9.59 Å². The Labute approximate surface area is 164 Å². The van der Waals surface area contributed by atoms with Gasteiger partial charge < -0.3 is 14.8 Å². The number of carbonyl (C=O) groups excluding carboxylic acids is 2. The Morgan fingerprint density at radius 1 is 1.11 bits per heavy atom. The van der Waals surface area contributed by atoms with Gasteiger partial charge in [0.1, 0.15) is 5.75 Å². The van der Waals surface area contributed by atoms with Crippen molar-refractivity contribution in [3.63, 3.8) is 0 Å². The van der Waals surface area contributed by atoms with Crippen molar-refractivity contribution in [2.45, 2.75) is 38.7 Å². The number of esters is 1. The number of carbonyl (C=O) groups is 2. The molecule has 2 aromatic carbocycles. The van der Waals surface area contributed by atoms with E-state index in [0.717, 1.165) is 27.5 Å². The maximum Gasteiger partial charge on any atom is 0.317 e. The van der Waals surface area contributed by atoms with E-state index >= 15 is 0 Å². The first kappa shape index (κ1) is 20.8. The number of hydrogen-bond acceptors (Lipinski definition) is 5. The maximum absolute atomic E-state index is 12.2. The maximum atomic E-state index is 12.2. The quantitative estimate of drug-likeness (QED) is 0.538. The van der Waals surface area contributed by atoms with Crippen molar-refractivity contribution in [1.29, 1.82) is 0 Å². The van der Waals surface area contributed by atoms with Crippen LogP contribution in [0.1, 0.15) is 25.0 Å². The summed E-state index contributed by atoms with van der Waals surface area (Å²) in [6, 6.07) is 13.2. The molecule has 27 heavy (non-hydrogen) atoms. The summed E-state index contributed by atoms with van der Waals surface area (Å²) in [5, 5.41) is 2.80. The predicted molar refractivity (Wildman–Crippen MR) is 108 cm³/mol. The van der Waals surface area contributed by atoms with E-state index < -0.39 is 12.1 Å². The SMILES string of the molecule is CCOc1ccc(SCC(=O)O[C@@H](C)C(=O)Nc2ccc(C)cc2C)cc1. The van der Waals surface area contributed by atoms with Gasteiger partial charge in [0.25, 0.3) is 5.91 Å². The van der Waals surface area contributed by atoms with Crippen LogP contribution in [0.5, 0.6) is 5.75 Å². The number of amides is 1. The van der Waals surface area contributed by atoms with E-state index in [4.69, 9.17) is 9.47 Å². The fraction of sp³-hybridized carbons (Fsp3) is 0.333. The third kappa shape index (κ3) is 6.64. The molecule has 0 radical (unpaired) electrons. The predicted octanol–water partition coefficient (Wildman–Crippen LogP) is 4.36. The summed E-state index contributed by atoms with van der Waals surface area (Å²) in [7, 11) is 0. The Morgan fingerprint density at radius 3 is 2.44 bits per heavy atom. The van der Waals surface area contributed by atoms with Crippen LogP contribution in [0.15, 0.2) is 47.4 Å². The molecule has 1 amide bonds. The summed E-state index contributed by atoms with van der Waals surface area (Å²) in [6.45, 7) is 8.02. The molecule has 6 heteroatoms. The van der Waals surface area contributed by atoms with Gasteiger partial charge in [-0.1, -0.05) is 17.7 Å². The Balaban J connectivity index is 1.81. The van der Waals surface area contributed by atoms with Crippen LogP contribution in [0.3, 0.4) is 0 Å². The molecule has 5 nitrogen and oxygen atoms in total. The van der Waals surface area contributed by atoms with Crippen LogP contribution in [-0.2, 0) is 14.3 Å². The molecule has 2 aromatic rings. The number of nitrogens with one attached hydrogen (secondary N) is 1. The van der Waals surface area contributed by atoms with Gasteiger partial charge in [0.2, 0.25) is 0 Å². The molecule has 0 aliphatic heterocycles. The van der Waals surface area contributed by atoms with Crippen LogP contribution < -0.4 is 10.1 Å². The van der Waals surface area contributed by atoms with Crippen molar-refractivity contribution in [2.24, 2.45) is 0 Å². The highest BCUT2D eigenvalue weighted by molar-refractivity contribution is 8.00. The van der Waals surface area contributed by atoms with E-state index in [0.29, 0.717) is 6.61 Å². The standard InChI is InChI=1S/C21H25NO4S/c1-5-25-17-7-9-18(10-8-17)27-13-20(23)26-16(4)21(24)22-19-11-6-14(2)12-15(19)3/h6-12,16H,5,13H2,1-4H3,(H,22,24)/t16-/m0/s1.